The third-order valence-corrected chi connectivity index (χ3v) is 4.18. The first kappa shape index (κ1) is 11.6. The van der Waals surface area contributed by atoms with E-state index in [0.717, 1.165) is 10.9 Å². The Bertz CT molecular complexity index is 326. The van der Waals surface area contributed by atoms with Crippen LogP contribution in [0.2, 0.25) is 0 Å². The molecule has 0 aromatic carbocycles. The molecule has 1 fully saturated rings. The molecule has 0 spiro atoms. The summed E-state index contributed by atoms with van der Waals surface area (Å²) in [5.74, 6) is 1.80. The van der Waals surface area contributed by atoms with E-state index in [9.17, 15) is 0 Å². The minimum absolute atomic E-state index is 0.580. The van der Waals surface area contributed by atoms with Gasteiger partial charge in [0.2, 0.25) is 0 Å². The highest BCUT2D eigenvalue weighted by molar-refractivity contribution is 7.99. The minimum atomic E-state index is 0.580. The van der Waals surface area contributed by atoms with Crippen molar-refractivity contribution in [3.8, 4) is 0 Å². The standard InChI is InChI=1S/C12H19N3S/c1-2-16-11-5-3-9(7-11)15-10-4-6-12(13)14-8-10/h4,6,8-9,11,15H,2-3,5,7H2,1H3,(H2,13,14). The van der Waals surface area contributed by atoms with Crippen molar-refractivity contribution in [1.29, 1.82) is 0 Å². The molecule has 2 unspecified atom stereocenters. The molecule has 0 amide bonds. The molecule has 2 atom stereocenters. The van der Waals surface area contributed by atoms with Gasteiger partial charge >= 0.3 is 0 Å². The summed E-state index contributed by atoms with van der Waals surface area (Å²) < 4.78 is 0. The number of thioether (sulfide) groups is 1. The zero-order valence-electron chi connectivity index (χ0n) is 9.65. The van der Waals surface area contributed by atoms with Crippen LogP contribution in [0.5, 0.6) is 0 Å². The van der Waals surface area contributed by atoms with Crippen LogP contribution < -0.4 is 11.1 Å². The van der Waals surface area contributed by atoms with Crippen LogP contribution in [-0.4, -0.2) is 22.0 Å². The van der Waals surface area contributed by atoms with Gasteiger partial charge in [0.15, 0.2) is 0 Å². The molecule has 1 aromatic rings. The Balaban J connectivity index is 1.84. The maximum Gasteiger partial charge on any atom is 0.123 e. The zero-order chi connectivity index (χ0) is 11.4. The van der Waals surface area contributed by atoms with Crippen molar-refractivity contribution in [3.63, 3.8) is 0 Å². The van der Waals surface area contributed by atoms with E-state index in [1.807, 2.05) is 18.3 Å². The predicted molar refractivity (Wildman–Crippen MR) is 71.8 cm³/mol. The van der Waals surface area contributed by atoms with Crippen LogP contribution in [0.4, 0.5) is 11.5 Å². The van der Waals surface area contributed by atoms with E-state index in [-0.39, 0.29) is 0 Å². The van der Waals surface area contributed by atoms with Crippen molar-refractivity contribution in [1.82, 2.24) is 4.98 Å². The van der Waals surface area contributed by atoms with Crippen molar-refractivity contribution in [3.05, 3.63) is 18.3 Å². The van der Waals surface area contributed by atoms with E-state index >= 15 is 0 Å². The molecule has 1 aliphatic carbocycles. The number of aromatic nitrogens is 1. The Morgan fingerprint density at radius 1 is 1.50 bits per heavy atom. The lowest BCUT2D eigenvalue weighted by Crippen LogP contribution is -2.16. The lowest BCUT2D eigenvalue weighted by molar-refractivity contribution is 0.756. The van der Waals surface area contributed by atoms with Gasteiger partial charge in [-0.2, -0.15) is 11.8 Å². The Morgan fingerprint density at radius 2 is 2.38 bits per heavy atom. The van der Waals surface area contributed by atoms with E-state index in [1.54, 1.807) is 0 Å². The van der Waals surface area contributed by atoms with Gasteiger partial charge in [0.25, 0.3) is 0 Å². The van der Waals surface area contributed by atoms with E-state index in [4.69, 9.17) is 5.73 Å². The summed E-state index contributed by atoms with van der Waals surface area (Å²) in [6.07, 6.45) is 5.68. The first-order valence-corrected chi connectivity index (χ1v) is 6.92. The van der Waals surface area contributed by atoms with Crippen LogP contribution in [0, 0.1) is 0 Å². The summed E-state index contributed by atoms with van der Waals surface area (Å²) >= 11 is 2.08. The summed E-state index contributed by atoms with van der Waals surface area (Å²) in [4.78, 5) is 4.09. The van der Waals surface area contributed by atoms with E-state index in [2.05, 4.69) is 29.0 Å². The molecule has 88 valence electrons. The van der Waals surface area contributed by atoms with Crippen molar-refractivity contribution in [2.24, 2.45) is 0 Å². The molecule has 1 aromatic heterocycles. The SMILES string of the molecule is CCSC1CCC(Nc2ccc(N)nc2)C1. The second kappa shape index (κ2) is 5.43. The summed E-state index contributed by atoms with van der Waals surface area (Å²) in [6, 6.07) is 4.45. The molecule has 3 N–H and O–H groups in total. The molecule has 0 aliphatic heterocycles. The number of anilines is 2. The number of rotatable bonds is 4. The van der Waals surface area contributed by atoms with Crippen molar-refractivity contribution < 1.29 is 0 Å². The number of hydrogen-bond acceptors (Lipinski definition) is 4. The maximum absolute atomic E-state index is 5.55. The highest BCUT2D eigenvalue weighted by Crippen LogP contribution is 2.31. The minimum Gasteiger partial charge on any atom is -0.384 e. The van der Waals surface area contributed by atoms with Crippen molar-refractivity contribution >= 4 is 23.3 Å². The lowest BCUT2D eigenvalue weighted by Gasteiger charge is -2.14. The second-order valence-corrected chi connectivity index (χ2v) is 5.78. The zero-order valence-corrected chi connectivity index (χ0v) is 10.5. The second-order valence-electron chi connectivity index (χ2n) is 4.20. The molecule has 1 heterocycles. The predicted octanol–water partition coefficient (Wildman–Crippen LogP) is 2.75. The Morgan fingerprint density at radius 3 is 3.06 bits per heavy atom. The molecule has 2 rings (SSSR count). The Labute approximate surface area is 101 Å². The quantitative estimate of drug-likeness (QED) is 0.845. The smallest absolute Gasteiger partial charge is 0.123 e. The Hall–Kier alpha value is -0.900. The average molecular weight is 237 g/mol. The van der Waals surface area contributed by atoms with Gasteiger partial charge in [-0.1, -0.05) is 6.92 Å². The first-order valence-electron chi connectivity index (χ1n) is 5.87. The summed E-state index contributed by atoms with van der Waals surface area (Å²) in [5.41, 5.74) is 6.64. The van der Waals surface area contributed by atoms with Gasteiger partial charge in [-0.05, 0) is 37.1 Å². The van der Waals surface area contributed by atoms with Gasteiger partial charge in [-0.15, -0.1) is 0 Å². The number of nitrogens with one attached hydrogen (secondary N) is 1. The van der Waals surface area contributed by atoms with E-state index in [1.165, 1.54) is 25.0 Å². The number of nitrogens with zero attached hydrogens (tertiary/aromatic N) is 1. The molecule has 1 saturated carbocycles. The molecular formula is C12H19N3S. The van der Waals surface area contributed by atoms with E-state index < -0.39 is 0 Å². The fourth-order valence-electron chi connectivity index (χ4n) is 2.18. The molecule has 16 heavy (non-hydrogen) atoms. The van der Waals surface area contributed by atoms with Crippen LogP contribution in [-0.2, 0) is 0 Å². The molecular weight excluding hydrogens is 218 g/mol. The highest BCUT2D eigenvalue weighted by Gasteiger charge is 2.24. The Kier molecular flexibility index (Phi) is 3.93. The number of nitrogens with two attached hydrogens (primary N) is 1. The normalized spacial score (nSPS) is 24.6. The van der Waals surface area contributed by atoms with Crippen molar-refractivity contribution in [2.75, 3.05) is 16.8 Å². The third kappa shape index (κ3) is 3.04. The maximum atomic E-state index is 5.55. The summed E-state index contributed by atoms with van der Waals surface area (Å²) in [6.45, 7) is 2.23. The molecule has 4 heteroatoms. The molecule has 3 nitrogen and oxygen atoms in total. The van der Waals surface area contributed by atoms with Gasteiger partial charge in [0.1, 0.15) is 5.82 Å². The number of pyridine rings is 1. The monoisotopic (exact) mass is 237 g/mol. The largest absolute Gasteiger partial charge is 0.384 e. The van der Waals surface area contributed by atoms with Gasteiger partial charge in [-0.25, -0.2) is 4.98 Å². The van der Waals surface area contributed by atoms with Gasteiger partial charge < -0.3 is 11.1 Å². The van der Waals surface area contributed by atoms with E-state index in [0.29, 0.717) is 11.9 Å². The fourth-order valence-corrected chi connectivity index (χ4v) is 3.33. The first-order chi connectivity index (χ1) is 7.78. The van der Waals surface area contributed by atoms with Crippen LogP contribution in [0.3, 0.4) is 0 Å². The number of nitrogen functional groups attached to an aromatic ring is 1. The lowest BCUT2D eigenvalue weighted by atomic mass is 10.2. The van der Waals surface area contributed by atoms with Crippen molar-refractivity contribution in [2.45, 2.75) is 37.5 Å². The van der Waals surface area contributed by atoms with Gasteiger partial charge in [0.05, 0.1) is 11.9 Å². The fraction of sp³-hybridized carbons (Fsp3) is 0.583. The molecule has 0 saturated heterocycles. The topological polar surface area (TPSA) is 50.9 Å². The van der Waals surface area contributed by atoms with Crippen LogP contribution in [0.1, 0.15) is 26.2 Å². The number of hydrogen-bond donors (Lipinski definition) is 2. The van der Waals surface area contributed by atoms with Crippen LogP contribution in [0.15, 0.2) is 18.3 Å². The average Bonchev–Trinajstić information content (AvgIpc) is 2.70. The van der Waals surface area contributed by atoms with Crippen LogP contribution in [0.25, 0.3) is 0 Å². The molecule has 0 radical (unpaired) electrons. The summed E-state index contributed by atoms with van der Waals surface area (Å²) in [5, 5.41) is 4.36. The van der Waals surface area contributed by atoms with Crippen LogP contribution >= 0.6 is 11.8 Å². The van der Waals surface area contributed by atoms with Gasteiger partial charge in [0, 0.05) is 11.3 Å². The highest BCUT2D eigenvalue weighted by atomic mass is 32.2. The molecule has 1 aliphatic rings. The van der Waals surface area contributed by atoms with Gasteiger partial charge in [-0.3, -0.25) is 0 Å². The third-order valence-electron chi connectivity index (χ3n) is 2.94. The summed E-state index contributed by atoms with van der Waals surface area (Å²) in [7, 11) is 0. The molecule has 0 bridgehead atoms.